The Bertz CT molecular complexity index is 1270. The van der Waals surface area contributed by atoms with Gasteiger partial charge in [0.2, 0.25) is 0 Å². The van der Waals surface area contributed by atoms with E-state index in [1.807, 2.05) is 61.5 Å². The van der Waals surface area contributed by atoms with Gasteiger partial charge in [0.1, 0.15) is 11.9 Å². The first-order chi connectivity index (χ1) is 19.3. The van der Waals surface area contributed by atoms with Crippen molar-refractivity contribution in [2.24, 2.45) is 5.73 Å². The normalized spacial score (nSPS) is 13.8. The quantitative estimate of drug-likeness (QED) is 0.235. The monoisotopic (exact) mass is 568 g/mol. The zero-order valence-electron chi connectivity index (χ0n) is 23.2. The fourth-order valence-electron chi connectivity index (χ4n) is 4.20. The summed E-state index contributed by atoms with van der Waals surface area (Å²) in [5, 5.41) is 3.34. The Morgan fingerprint density at radius 3 is 2.30 bits per heavy atom. The predicted molar refractivity (Wildman–Crippen MR) is 156 cm³/mol. The van der Waals surface area contributed by atoms with Crippen LogP contribution in [-0.2, 0) is 37.1 Å². The molecule has 9 heteroatoms. The Kier molecular flexibility index (Phi) is 12.6. The molecule has 0 aliphatic rings. The second-order valence-electron chi connectivity index (χ2n) is 9.59. The highest BCUT2D eigenvalue weighted by Gasteiger charge is 2.29. The molecule has 3 atom stereocenters. The Labute approximate surface area is 237 Å². The molecule has 40 heavy (non-hydrogen) atoms. The average Bonchev–Trinajstić information content (AvgIpc) is 2.97. The number of ether oxygens (including phenoxy) is 3. The molecule has 2 unspecified atom stereocenters. The maximum atomic E-state index is 13.3. The summed E-state index contributed by atoms with van der Waals surface area (Å²) in [4.78, 5) is 13.6. The average molecular weight is 569 g/mol. The van der Waals surface area contributed by atoms with Crippen LogP contribution < -0.4 is 15.8 Å². The number of hydrogen-bond acceptors (Lipinski definition) is 8. The van der Waals surface area contributed by atoms with Crippen LogP contribution in [0.2, 0.25) is 0 Å². The molecule has 0 fully saturated rings. The number of nitrogens with one attached hydrogen (secondary N) is 1. The van der Waals surface area contributed by atoms with Crippen molar-refractivity contribution >= 4 is 15.8 Å². The van der Waals surface area contributed by atoms with E-state index in [2.05, 4.69) is 5.32 Å². The third-order valence-corrected chi connectivity index (χ3v) is 8.17. The fraction of sp³-hybridized carbons (Fsp3) is 0.387. The van der Waals surface area contributed by atoms with E-state index in [9.17, 15) is 13.2 Å². The number of carbonyl (C=O) groups excluding carboxylic acids is 1. The highest BCUT2D eigenvalue weighted by atomic mass is 32.2. The molecule has 0 aromatic heterocycles. The largest absolute Gasteiger partial charge is 0.497 e. The summed E-state index contributed by atoms with van der Waals surface area (Å²) in [5.74, 6) is -0.104. The van der Waals surface area contributed by atoms with Crippen molar-refractivity contribution in [1.82, 2.24) is 5.32 Å². The molecule has 216 valence electrons. The van der Waals surface area contributed by atoms with Crippen molar-refractivity contribution < 1.29 is 27.4 Å². The van der Waals surface area contributed by atoms with E-state index in [0.29, 0.717) is 32.5 Å². The van der Waals surface area contributed by atoms with Crippen LogP contribution in [0.5, 0.6) is 5.75 Å². The minimum atomic E-state index is -3.59. The molecule has 0 aliphatic carbocycles. The van der Waals surface area contributed by atoms with Crippen molar-refractivity contribution in [1.29, 1.82) is 0 Å². The molecular formula is C31H40N2O6S. The van der Waals surface area contributed by atoms with Gasteiger partial charge < -0.3 is 25.3 Å². The summed E-state index contributed by atoms with van der Waals surface area (Å²) >= 11 is 0. The Hall–Kier alpha value is -3.24. The van der Waals surface area contributed by atoms with Crippen LogP contribution in [0.15, 0.2) is 89.8 Å². The van der Waals surface area contributed by atoms with E-state index in [0.717, 1.165) is 16.9 Å². The van der Waals surface area contributed by atoms with Gasteiger partial charge in [0, 0.05) is 25.7 Å². The van der Waals surface area contributed by atoms with E-state index in [4.69, 9.17) is 19.9 Å². The lowest BCUT2D eigenvalue weighted by atomic mass is 10.0. The Morgan fingerprint density at radius 1 is 0.950 bits per heavy atom. The van der Waals surface area contributed by atoms with Gasteiger partial charge in [-0.1, -0.05) is 67.6 Å². The van der Waals surface area contributed by atoms with Crippen molar-refractivity contribution in [2.75, 3.05) is 26.0 Å². The van der Waals surface area contributed by atoms with Crippen LogP contribution in [0, 0.1) is 0 Å². The van der Waals surface area contributed by atoms with Crippen molar-refractivity contribution in [2.45, 2.75) is 55.9 Å². The van der Waals surface area contributed by atoms with Gasteiger partial charge in [-0.25, -0.2) is 13.2 Å². The molecule has 0 radical (unpaired) electrons. The smallest absolute Gasteiger partial charge is 0.335 e. The summed E-state index contributed by atoms with van der Waals surface area (Å²) in [6.07, 6.45) is -0.537. The third kappa shape index (κ3) is 10.1. The number of sulfone groups is 1. The molecule has 3 aromatic carbocycles. The predicted octanol–water partition coefficient (Wildman–Crippen LogP) is 3.93. The number of carbonyl (C=O) groups is 1. The van der Waals surface area contributed by atoms with Crippen LogP contribution in [0.25, 0.3) is 0 Å². The van der Waals surface area contributed by atoms with E-state index >= 15 is 0 Å². The molecule has 0 heterocycles. The summed E-state index contributed by atoms with van der Waals surface area (Å²) in [5.41, 5.74) is 8.60. The van der Waals surface area contributed by atoms with Gasteiger partial charge >= 0.3 is 5.97 Å². The standard InChI is InChI=1S/C31H40N2O6S/c1-3-18-38-29(17-19-40(35,36)27-15-8-5-9-16-27)31(34)39-30(28(32)21-24-11-6-4-7-12-24)23-33-22-25-13-10-14-26(20-25)37-2/h4-16,20,28-30,33H,3,17-19,21-23,32H2,1-2H3/t28?,29-,30?/m0/s1. The molecule has 8 nitrogen and oxygen atoms in total. The number of methoxy groups -OCH3 is 1. The second kappa shape index (κ2) is 16.1. The lowest BCUT2D eigenvalue weighted by Crippen LogP contribution is -2.47. The van der Waals surface area contributed by atoms with E-state index in [1.54, 1.807) is 37.4 Å². The lowest BCUT2D eigenvalue weighted by Gasteiger charge is -2.27. The number of rotatable bonds is 17. The van der Waals surface area contributed by atoms with Crippen molar-refractivity contribution in [3.63, 3.8) is 0 Å². The van der Waals surface area contributed by atoms with Gasteiger partial charge in [0.15, 0.2) is 15.9 Å². The number of benzene rings is 3. The highest BCUT2D eigenvalue weighted by molar-refractivity contribution is 7.91. The number of hydrogen-bond donors (Lipinski definition) is 2. The van der Waals surface area contributed by atoms with Crippen molar-refractivity contribution in [3.05, 3.63) is 96.1 Å². The van der Waals surface area contributed by atoms with E-state index in [-0.39, 0.29) is 17.1 Å². The van der Waals surface area contributed by atoms with Gasteiger partial charge in [0.05, 0.1) is 17.8 Å². The SMILES string of the molecule is CCCO[C@@H](CCS(=O)(=O)c1ccccc1)C(=O)OC(CNCc1cccc(OC)c1)C(N)Cc1ccccc1. The van der Waals surface area contributed by atoms with Crippen molar-refractivity contribution in [3.8, 4) is 5.75 Å². The van der Waals surface area contributed by atoms with Crippen LogP contribution in [0.1, 0.15) is 30.9 Å². The summed E-state index contributed by atoms with van der Waals surface area (Å²) in [6.45, 7) is 3.05. The lowest BCUT2D eigenvalue weighted by molar-refractivity contribution is -0.163. The second-order valence-corrected chi connectivity index (χ2v) is 11.7. The molecule has 3 N–H and O–H groups in total. The van der Waals surface area contributed by atoms with Crippen LogP contribution in [0.3, 0.4) is 0 Å². The molecule has 3 aromatic rings. The summed E-state index contributed by atoms with van der Waals surface area (Å²) < 4.78 is 42.7. The fourth-order valence-corrected chi connectivity index (χ4v) is 5.53. The molecule has 0 spiro atoms. The zero-order chi connectivity index (χ0) is 28.8. The maximum Gasteiger partial charge on any atom is 0.335 e. The minimum absolute atomic E-state index is 0.0199. The topological polar surface area (TPSA) is 117 Å². The van der Waals surface area contributed by atoms with Gasteiger partial charge in [0.25, 0.3) is 0 Å². The van der Waals surface area contributed by atoms with Gasteiger partial charge in [-0.3, -0.25) is 0 Å². The first-order valence-corrected chi connectivity index (χ1v) is 15.2. The van der Waals surface area contributed by atoms with Gasteiger partial charge in [-0.15, -0.1) is 0 Å². The van der Waals surface area contributed by atoms with Crippen LogP contribution in [0.4, 0.5) is 0 Å². The number of esters is 1. The summed E-state index contributed by atoms with van der Waals surface area (Å²) in [7, 11) is -1.97. The highest BCUT2D eigenvalue weighted by Crippen LogP contribution is 2.16. The molecule has 0 saturated carbocycles. The summed E-state index contributed by atoms with van der Waals surface area (Å²) in [6, 6.07) is 25.1. The Balaban J connectivity index is 1.70. The number of nitrogens with two attached hydrogens (primary N) is 1. The Morgan fingerprint density at radius 2 is 1.62 bits per heavy atom. The third-order valence-electron chi connectivity index (χ3n) is 6.41. The minimum Gasteiger partial charge on any atom is -0.497 e. The van der Waals surface area contributed by atoms with Gasteiger partial charge in [-0.05, 0) is 54.7 Å². The molecular weight excluding hydrogens is 528 g/mol. The molecule has 0 bridgehead atoms. The molecule has 0 aliphatic heterocycles. The van der Waals surface area contributed by atoms with Crippen LogP contribution >= 0.6 is 0 Å². The molecule has 0 saturated heterocycles. The zero-order valence-corrected chi connectivity index (χ0v) is 24.0. The van der Waals surface area contributed by atoms with Crippen LogP contribution in [-0.4, -0.2) is 58.7 Å². The first kappa shape index (κ1) is 31.3. The maximum absolute atomic E-state index is 13.3. The van der Waals surface area contributed by atoms with E-state index < -0.39 is 34.1 Å². The van der Waals surface area contributed by atoms with Gasteiger partial charge in [-0.2, -0.15) is 0 Å². The first-order valence-electron chi connectivity index (χ1n) is 13.6. The molecule has 3 rings (SSSR count). The van der Waals surface area contributed by atoms with E-state index in [1.165, 1.54) is 0 Å². The molecule has 0 amide bonds.